The molecule has 2 heteroatoms. The van der Waals surface area contributed by atoms with Crippen molar-refractivity contribution in [1.29, 1.82) is 0 Å². The normalized spacial score (nSPS) is 33.6. The molecule has 2 bridgehead atoms. The van der Waals surface area contributed by atoms with Crippen LogP contribution in [0.4, 0.5) is 0 Å². The van der Waals surface area contributed by atoms with Gasteiger partial charge in [0.1, 0.15) is 0 Å². The first-order chi connectivity index (χ1) is 6.77. The van der Waals surface area contributed by atoms with Gasteiger partial charge < -0.3 is 10.6 Å². The highest BCUT2D eigenvalue weighted by Gasteiger charge is 2.30. The molecule has 2 nitrogen and oxygen atoms in total. The molecule has 3 fully saturated rings. The van der Waals surface area contributed by atoms with Crippen LogP contribution in [0.2, 0.25) is 0 Å². The summed E-state index contributed by atoms with van der Waals surface area (Å²) in [5, 5.41) is 0. The molecule has 0 radical (unpaired) electrons. The van der Waals surface area contributed by atoms with Gasteiger partial charge in [-0.05, 0) is 51.7 Å². The van der Waals surface area contributed by atoms with Crippen LogP contribution < -0.4 is 5.73 Å². The zero-order valence-corrected chi connectivity index (χ0v) is 10.4. The quantitative estimate of drug-likeness (QED) is 0.651. The van der Waals surface area contributed by atoms with Crippen LogP contribution in [0.25, 0.3) is 0 Å². The number of fused-ring (bicyclic) bond motifs is 3. The van der Waals surface area contributed by atoms with Gasteiger partial charge in [0.05, 0.1) is 0 Å². The lowest BCUT2D eigenvalue weighted by Crippen LogP contribution is -2.46. The van der Waals surface area contributed by atoms with Crippen LogP contribution in [0.5, 0.6) is 0 Å². The highest BCUT2D eigenvalue weighted by molar-refractivity contribution is 4.84. The first-order valence-electron chi connectivity index (χ1n) is 6.22. The van der Waals surface area contributed by atoms with Crippen molar-refractivity contribution >= 4 is 0 Å². The summed E-state index contributed by atoms with van der Waals surface area (Å²) in [7, 11) is 0. The molecule has 0 amide bonds. The smallest absolute Gasteiger partial charge is 0.00695 e. The maximum atomic E-state index is 4.85. The molecule has 3 saturated heterocycles. The van der Waals surface area contributed by atoms with Crippen molar-refractivity contribution < 1.29 is 0 Å². The van der Waals surface area contributed by atoms with Crippen LogP contribution in [0.1, 0.15) is 47.0 Å². The van der Waals surface area contributed by atoms with Gasteiger partial charge in [-0.25, -0.2) is 0 Å². The van der Waals surface area contributed by atoms with Crippen LogP contribution in [0, 0.1) is 5.92 Å². The van der Waals surface area contributed by atoms with E-state index in [1.807, 2.05) is 20.8 Å². The van der Waals surface area contributed by atoms with Crippen molar-refractivity contribution in [1.82, 2.24) is 4.90 Å². The summed E-state index contributed by atoms with van der Waals surface area (Å²) >= 11 is 0. The Labute approximate surface area is 89.9 Å². The number of hydrogen-bond acceptors (Lipinski definition) is 2. The largest absolute Gasteiger partial charge is 0.331 e. The number of nitrogens with two attached hydrogens (primary N) is 1. The minimum absolute atomic E-state index is 0.750. The van der Waals surface area contributed by atoms with Crippen molar-refractivity contribution in [3.63, 3.8) is 0 Å². The predicted molar refractivity (Wildman–Crippen MR) is 64.5 cm³/mol. The Morgan fingerprint density at radius 2 is 1.64 bits per heavy atom. The van der Waals surface area contributed by atoms with E-state index in [1.54, 1.807) is 0 Å². The molecule has 0 aromatic heterocycles. The average Bonchev–Trinajstić information content (AvgIpc) is 2.23. The van der Waals surface area contributed by atoms with Gasteiger partial charge in [-0.2, -0.15) is 0 Å². The van der Waals surface area contributed by atoms with E-state index in [2.05, 4.69) is 11.8 Å². The molecule has 3 heterocycles. The summed E-state index contributed by atoms with van der Waals surface area (Å²) in [6.07, 6.45) is 4.43. The molecule has 1 unspecified atom stereocenters. The second-order valence-corrected chi connectivity index (χ2v) is 3.97. The molecular formula is C12H28N2. The van der Waals surface area contributed by atoms with Gasteiger partial charge in [-0.3, -0.25) is 0 Å². The fourth-order valence-electron chi connectivity index (χ4n) is 2.26. The Morgan fingerprint density at radius 3 is 1.79 bits per heavy atom. The van der Waals surface area contributed by atoms with Crippen molar-refractivity contribution in [2.45, 2.75) is 53.0 Å². The lowest BCUT2D eigenvalue weighted by Gasteiger charge is -2.43. The molecule has 14 heavy (non-hydrogen) atoms. The van der Waals surface area contributed by atoms with E-state index in [1.165, 1.54) is 32.4 Å². The molecule has 0 saturated carbocycles. The third kappa shape index (κ3) is 4.43. The molecule has 0 aliphatic carbocycles. The topological polar surface area (TPSA) is 29.3 Å². The highest BCUT2D eigenvalue weighted by atomic mass is 15.2. The zero-order chi connectivity index (χ0) is 11.0. The van der Waals surface area contributed by atoms with E-state index < -0.39 is 0 Å². The molecule has 1 atom stereocenters. The maximum absolute atomic E-state index is 4.85. The summed E-state index contributed by atoms with van der Waals surface area (Å²) in [4.78, 5) is 2.62. The summed E-state index contributed by atoms with van der Waals surface area (Å²) in [5.41, 5.74) is 4.85. The van der Waals surface area contributed by atoms with Gasteiger partial charge in [-0.1, -0.05) is 20.8 Å². The Kier molecular flexibility index (Phi) is 8.20. The van der Waals surface area contributed by atoms with E-state index in [0.717, 1.165) is 18.5 Å². The fraction of sp³-hybridized carbons (Fsp3) is 1.00. The molecule has 0 aromatic carbocycles. The summed E-state index contributed by atoms with van der Waals surface area (Å²) in [6, 6.07) is 0.900. The second kappa shape index (κ2) is 8.25. The van der Waals surface area contributed by atoms with Gasteiger partial charge in [-0.15, -0.1) is 0 Å². The Hall–Kier alpha value is -0.0800. The lowest BCUT2D eigenvalue weighted by atomic mass is 9.84. The summed E-state index contributed by atoms with van der Waals surface area (Å²) in [6.45, 7) is 11.8. The third-order valence-corrected chi connectivity index (χ3v) is 2.95. The van der Waals surface area contributed by atoms with Crippen LogP contribution >= 0.6 is 0 Å². The van der Waals surface area contributed by atoms with Gasteiger partial charge in [0.15, 0.2) is 0 Å². The van der Waals surface area contributed by atoms with E-state index >= 15 is 0 Å². The van der Waals surface area contributed by atoms with E-state index in [-0.39, 0.29) is 0 Å². The maximum Gasteiger partial charge on any atom is 0.00695 e. The summed E-state index contributed by atoms with van der Waals surface area (Å²) in [5.74, 6) is 1.09. The Bertz CT molecular complexity index is 117. The Morgan fingerprint density at radius 1 is 1.21 bits per heavy atom. The SMILES string of the molecule is CC.CC1CC2CCN1CC2.CCN. The monoisotopic (exact) mass is 200 g/mol. The minimum atomic E-state index is 0.750. The summed E-state index contributed by atoms with van der Waals surface area (Å²) < 4.78 is 0. The standard InChI is InChI=1S/C8H15N.C2H7N.C2H6/c1-7-6-8-2-4-9(7)5-3-8;1-2-3;1-2/h7-8H,2-6H2,1H3;2-3H2,1H3;1-2H3. The number of rotatable bonds is 0. The van der Waals surface area contributed by atoms with E-state index in [9.17, 15) is 0 Å². The average molecular weight is 200 g/mol. The number of hydrogen-bond donors (Lipinski definition) is 1. The van der Waals surface area contributed by atoms with E-state index in [0.29, 0.717) is 0 Å². The van der Waals surface area contributed by atoms with Crippen molar-refractivity contribution in [3.8, 4) is 0 Å². The molecule has 3 aliphatic rings. The van der Waals surface area contributed by atoms with Gasteiger partial charge in [0, 0.05) is 6.04 Å². The zero-order valence-electron chi connectivity index (χ0n) is 10.4. The molecule has 0 spiro atoms. The molecular weight excluding hydrogens is 172 g/mol. The highest BCUT2D eigenvalue weighted by Crippen LogP contribution is 2.30. The Balaban J connectivity index is 0.000000294. The third-order valence-electron chi connectivity index (χ3n) is 2.95. The molecule has 3 aliphatic heterocycles. The molecule has 0 aromatic rings. The molecule has 86 valence electrons. The number of nitrogens with zero attached hydrogens (tertiary/aromatic N) is 1. The first-order valence-corrected chi connectivity index (χ1v) is 6.22. The number of piperidine rings is 3. The van der Waals surface area contributed by atoms with Crippen LogP contribution in [-0.2, 0) is 0 Å². The predicted octanol–water partition coefficient (Wildman–Crippen LogP) is 2.48. The van der Waals surface area contributed by atoms with E-state index in [4.69, 9.17) is 5.73 Å². The van der Waals surface area contributed by atoms with Gasteiger partial charge >= 0.3 is 0 Å². The van der Waals surface area contributed by atoms with Crippen molar-refractivity contribution in [3.05, 3.63) is 0 Å². The molecule has 3 rings (SSSR count). The van der Waals surface area contributed by atoms with Crippen molar-refractivity contribution in [2.75, 3.05) is 19.6 Å². The fourth-order valence-corrected chi connectivity index (χ4v) is 2.26. The molecule has 2 N–H and O–H groups in total. The van der Waals surface area contributed by atoms with Crippen LogP contribution in [0.3, 0.4) is 0 Å². The van der Waals surface area contributed by atoms with Crippen LogP contribution in [0.15, 0.2) is 0 Å². The van der Waals surface area contributed by atoms with Crippen LogP contribution in [-0.4, -0.2) is 30.6 Å². The first kappa shape index (κ1) is 13.9. The van der Waals surface area contributed by atoms with Crippen molar-refractivity contribution in [2.24, 2.45) is 11.7 Å². The van der Waals surface area contributed by atoms with Gasteiger partial charge in [0.25, 0.3) is 0 Å². The lowest BCUT2D eigenvalue weighted by molar-refractivity contribution is 0.0594. The second-order valence-electron chi connectivity index (χ2n) is 3.97. The van der Waals surface area contributed by atoms with Gasteiger partial charge in [0.2, 0.25) is 0 Å². The minimum Gasteiger partial charge on any atom is -0.331 e.